The average molecular weight is 476 g/mol. The van der Waals surface area contributed by atoms with Gasteiger partial charge in [0.25, 0.3) is 11.6 Å². The molecule has 3 rings (SSSR count). The molecule has 0 saturated heterocycles. The molecular formula is C25H24N4O6. The summed E-state index contributed by atoms with van der Waals surface area (Å²) in [5.41, 5.74) is 6.07. The van der Waals surface area contributed by atoms with Crippen molar-refractivity contribution >= 4 is 29.5 Å². The molecule has 0 aliphatic rings. The molecule has 0 radical (unpaired) electrons. The molecule has 0 heterocycles. The normalized spacial score (nSPS) is 10.6. The molecular weight excluding hydrogens is 452 g/mol. The molecule has 0 spiro atoms. The Kier molecular flexibility index (Phi) is 8.12. The van der Waals surface area contributed by atoms with Gasteiger partial charge in [0.05, 0.1) is 30.4 Å². The second-order valence-electron chi connectivity index (χ2n) is 7.52. The van der Waals surface area contributed by atoms with E-state index < -0.39 is 10.9 Å². The lowest BCUT2D eigenvalue weighted by Gasteiger charge is -2.11. The number of nitro groups is 1. The zero-order valence-corrected chi connectivity index (χ0v) is 19.4. The summed E-state index contributed by atoms with van der Waals surface area (Å²) in [6.07, 6.45) is 1.43. The zero-order valence-electron chi connectivity index (χ0n) is 19.4. The number of methoxy groups -OCH3 is 1. The number of carbonyl (C=O) groups is 2. The zero-order chi connectivity index (χ0) is 25.4. The standard InChI is InChI=1S/C25H24N4O6/c1-16-5-4-6-17(2)24(16)26-15-23(30)28-27-14-18-7-12-21(22(13-18)34-3)35-25(31)19-8-10-20(11-9-19)29(32)33/h4-14,26H,15H2,1-3H3,(H,28,30). The van der Waals surface area contributed by atoms with Crippen LogP contribution in [0.25, 0.3) is 0 Å². The van der Waals surface area contributed by atoms with E-state index in [2.05, 4.69) is 15.8 Å². The van der Waals surface area contributed by atoms with Crippen LogP contribution in [0.1, 0.15) is 27.0 Å². The summed E-state index contributed by atoms with van der Waals surface area (Å²) in [4.78, 5) is 34.7. The highest BCUT2D eigenvalue weighted by Crippen LogP contribution is 2.28. The van der Waals surface area contributed by atoms with E-state index in [9.17, 15) is 19.7 Å². The van der Waals surface area contributed by atoms with Crippen LogP contribution >= 0.6 is 0 Å². The molecule has 0 fully saturated rings. The number of nitrogens with zero attached hydrogens (tertiary/aromatic N) is 2. The Bertz CT molecular complexity index is 1250. The van der Waals surface area contributed by atoms with Gasteiger partial charge >= 0.3 is 5.97 Å². The van der Waals surface area contributed by atoms with E-state index in [-0.39, 0.29) is 35.2 Å². The van der Waals surface area contributed by atoms with E-state index in [4.69, 9.17) is 9.47 Å². The minimum absolute atomic E-state index is 0.0594. The molecule has 35 heavy (non-hydrogen) atoms. The fourth-order valence-corrected chi connectivity index (χ4v) is 3.21. The molecule has 0 aliphatic carbocycles. The van der Waals surface area contributed by atoms with Crippen LogP contribution in [0, 0.1) is 24.0 Å². The second-order valence-corrected chi connectivity index (χ2v) is 7.52. The van der Waals surface area contributed by atoms with Crippen LogP contribution < -0.4 is 20.2 Å². The minimum atomic E-state index is -0.691. The van der Waals surface area contributed by atoms with Gasteiger partial charge in [-0.25, -0.2) is 10.2 Å². The fourth-order valence-electron chi connectivity index (χ4n) is 3.21. The molecule has 0 atom stereocenters. The molecule has 0 unspecified atom stereocenters. The van der Waals surface area contributed by atoms with Crippen LogP contribution in [0.2, 0.25) is 0 Å². The Hall–Kier alpha value is -4.73. The molecule has 3 aromatic rings. The van der Waals surface area contributed by atoms with Crippen molar-refractivity contribution in [3.63, 3.8) is 0 Å². The molecule has 0 aliphatic heterocycles. The van der Waals surface area contributed by atoms with Gasteiger partial charge in [-0.05, 0) is 60.9 Å². The number of benzene rings is 3. The van der Waals surface area contributed by atoms with Gasteiger partial charge in [-0.15, -0.1) is 0 Å². The number of hydrogen-bond acceptors (Lipinski definition) is 8. The van der Waals surface area contributed by atoms with Gasteiger partial charge < -0.3 is 14.8 Å². The number of amides is 1. The molecule has 180 valence electrons. The first-order chi connectivity index (χ1) is 16.8. The number of para-hydroxylation sites is 1. The van der Waals surface area contributed by atoms with Crippen LogP contribution in [0.15, 0.2) is 65.8 Å². The van der Waals surface area contributed by atoms with E-state index in [0.717, 1.165) is 16.8 Å². The highest BCUT2D eigenvalue weighted by atomic mass is 16.6. The number of ether oxygens (including phenoxy) is 2. The third kappa shape index (κ3) is 6.64. The van der Waals surface area contributed by atoms with Gasteiger partial charge in [-0.3, -0.25) is 14.9 Å². The second kappa shape index (κ2) is 11.4. The number of aryl methyl sites for hydroxylation is 2. The smallest absolute Gasteiger partial charge is 0.343 e. The van der Waals surface area contributed by atoms with Crippen molar-refractivity contribution in [3.05, 3.63) is 93.0 Å². The van der Waals surface area contributed by atoms with Gasteiger partial charge in [0.2, 0.25) is 0 Å². The van der Waals surface area contributed by atoms with Crippen LogP contribution in [0.4, 0.5) is 11.4 Å². The third-order valence-electron chi connectivity index (χ3n) is 5.01. The molecule has 10 nitrogen and oxygen atoms in total. The number of nitro benzene ring substituents is 1. The maximum Gasteiger partial charge on any atom is 0.343 e. The van der Waals surface area contributed by atoms with Gasteiger partial charge in [0.15, 0.2) is 11.5 Å². The summed E-state index contributed by atoms with van der Waals surface area (Å²) in [7, 11) is 1.42. The Labute approximate surface area is 201 Å². The highest BCUT2D eigenvalue weighted by Gasteiger charge is 2.14. The number of rotatable bonds is 9. The van der Waals surface area contributed by atoms with E-state index in [1.54, 1.807) is 12.1 Å². The van der Waals surface area contributed by atoms with Crippen LogP contribution in [0.3, 0.4) is 0 Å². The van der Waals surface area contributed by atoms with Crippen molar-refractivity contribution in [2.75, 3.05) is 19.0 Å². The van der Waals surface area contributed by atoms with Gasteiger partial charge in [-0.2, -0.15) is 5.10 Å². The minimum Gasteiger partial charge on any atom is -0.493 e. The first-order valence-electron chi connectivity index (χ1n) is 10.5. The van der Waals surface area contributed by atoms with Gasteiger partial charge in [0, 0.05) is 17.8 Å². The highest BCUT2D eigenvalue weighted by molar-refractivity contribution is 5.92. The average Bonchev–Trinajstić information content (AvgIpc) is 2.84. The molecule has 0 aromatic heterocycles. The number of non-ortho nitro benzene ring substituents is 1. The Balaban J connectivity index is 1.58. The lowest BCUT2D eigenvalue weighted by Crippen LogP contribution is -2.26. The lowest BCUT2D eigenvalue weighted by atomic mass is 10.1. The molecule has 2 N–H and O–H groups in total. The van der Waals surface area contributed by atoms with Crippen LogP contribution in [-0.2, 0) is 4.79 Å². The van der Waals surface area contributed by atoms with Crippen LogP contribution in [0.5, 0.6) is 11.5 Å². The summed E-state index contributed by atoms with van der Waals surface area (Å²) in [6, 6.07) is 15.7. The maximum absolute atomic E-state index is 12.4. The number of carbonyl (C=O) groups excluding carboxylic acids is 2. The van der Waals surface area contributed by atoms with Gasteiger partial charge in [0.1, 0.15) is 0 Å². The first kappa shape index (κ1) is 24.9. The molecule has 0 bridgehead atoms. The molecule has 1 amide bonds. The predicted octanol–water partition coefficient (Wildman–Crippen LogP) is 4.00. The summed E-state index contributed by atoms with van der Waals surface area (Å²) in [5, 5.41) is 17.8. The number of anilines is 1. The summed E-state index contributed by atoms with van der Waals surface area (Å²) >= 11 is 0. The third-order valence-corrected chi connectivity index (χ3v) is 5.01. The summed E-state index contributed by atoms with van der Waals surface area (Å²) in [6.45, 7) is 3.99. The van der Waals surface area contributed by atoms with E-state index in [1.165, 1.54) is 43.7 Å². The predicted molar refractivity (Wildman–Crippen MR) is 131 cm³/mol. The van der Waals surface area contributed by atoms with E-state index in [0.29, 0.717) is 5.56 Å². The Morgan fingerprint density at radius 2 is 1.71 bits per heavy atom. The van der Waals surface area contributed by atoms with Crippen molar-refractivity contribution < 1.29 is 24.0 Å². The number of nitrogens with one attached hydrogen (secondary N) is 2. The monoisotopic (exact) mass is 476 g/mol. The quantitative estimate of drug-likeness (QED) is 0.157. The number of hydrazone groups is 1. The lowest BCUT2D eigenvalue weighted by molar-refractivity contribution is -0.384. The number of esters is 1. The van der Waals surface area contributed by atoms with Crippen molar-refractivity contribution in [2.45, 2.75) is 13.8 Å². The Morgan fingerprint density at radius 1 is 1.03 bits per heavy atom. The van der Waals surface area contributed by atoms with Crippen molar-refractivity contribution in [2.24, 2.45) is 5.10 Å². The fraction of sp³-hybridized carbons (Fsp3) is 0.160. The SMILES string of the molecule is COc1cc(C=NNC(=O)CNc2c(C)cccc2C)ccc1OC(=O)c1ccc([N+](=O)[O-])cc1. The maximum atomic E-state index is 12.4. The molecule has 10 heteroatoms. The first-order valence-corrected chi connectivity index (χ1v) is 10.5. The van der Waals surface area contributed by atoms with Crippen molar-refractivity contribution in [1.29, 1.82) is 0 Å². The summed E-state index contributed by atoms with van der Waals surface area (Å²) < 4.78 is 10.6. The largest absolute Gasteiger partial charge is 0.493 e. The Morgan fingerprint density at radius 3 is 2.34 bits per heavy atom. The van der Waals surface area contributed by atoms with Crippen molar-refractivity contribution in [1.82, 2.24) is 5.43 Å². The number of hydrogen-bond donors (Lipinski definition) is 2. The molecule has 0 saturated carbocycles. The van der Waals surface area contributed by atoms with Crippen molar-refractivity contribution in [3.8, 4) is 11.5 Å². The van der Waals surface area contributed by atoms with E-state index in [1.807, 2.05) is 32.0 Å². The van der Waals surface area contributed by atoms with Gasteiger partial charge in [-0.1, -0.05) is 18.2 Å². The topological polar surface area (TPSA) is 132 Å². The van der Waals surface area contributed by atoms with Crippen LogP contribution in [-0.4, -0.2) is 36.7 Å². The summed E-state index contributed by atoms with van der Waals surface area (Å²) in [5.74, 6) is -0.574. The molecule has 3 aromatic carbocycles. The van der Waals surface area contributed by atoms with E-state index >= 15 is 0 Å².